The van der Waals surface area contributed by atoms with E-state index in [4.69, 9.17) is 4.74 Å². The van der Waals surface area contributed by atoms with Crippen molar-refractivity contribution in [1.82, 2.24) is 5.32 Å². The second-order valence-corrected chi connectivity index (χ2v) is 11.6. The zero-order valence-corrected chi connectivity index (χ0v) is 25.1. The van der Waals surface area contributed by atoms with E-state index in [1.54, 1.807) is 12.1 Å². The molecule has 2 amide bonds. The molecule has 1 aliphatic heterocycles. The number of thioether (sulfide) groups is 1. The molecule has 4 aromatic rings. The molecule has 6 heteroatoms. The number of fused-ring (bicyclic) bond motifs is 1. The van der Waals surface area contributed by atoms with Crippen LogP contribution in [0.5, 0.6) is 5.75 Å². The summed E-state index contributed by atoms with van der Waals surface area (Å²) in [5.74, 6) is 0.662. The zero-order valence-electron chi connectivity index (χ0n) is 24.3. The van der Waals surface area contributed by atoms with Gasteiger partial charge in [-0.2, -0.15) is 0 Å². The third kappa shape index (κ3) is 7.12. The normalized spacial score (nSPS) is 14.4. The van der Waals surface area contributed by atoms with Gasteiger partial charge in [-0.3, -0.25) is 9.59 Å². The lowest BCUT2D eigenvalue weighted by Gasteiger charge is -2.30. The summed E-state index contributed by atoms with van der Waals surface area (Å²) >= 11 is 1.48. The topological polar surface area (TPSA) is 58.6 Å². The molecular weight excluding hydrogens is 540 g/mol. The highest BCUT2D eigenvalue weighted by Gasteiger charge is 2.29. The van der Waals surface area contributed by atoms with Gasteiger partial charge in [0.15, 0.2) is 0 Å². The Labute approximate surface area is 252 Å². The van der Waals surface area contributed by atoms with Gasteiger partial charge >= 0.3 is 0 Å². The first-order chi connectivity index (χ1) is 20.4. The lowest BCUT2D eigenvalue weighted by molar-refractivity contribution is -0.114. The number of rotatable bonds is 10. The van der Waals surface area contributed by atoms with E-state index >= 15 is 0 Å². The maximum absolute atomic E-state index is 13.6. The number of carbonyl (C=O) groups is 2. The quantitative estimate of drug-likeness (QED) is 0.152. The van der Waals surface area contributed by atoms with Crippen LogP contribution in [0.1, 0.15) is 65.3 Å². The molecule has 1 aliphatic rings. The van der Waals surface area contributed by atoms with Crippen LogP contribution in [0.2, 0.25) is 0 Å². The van der Waals surface area contributed by atoms with Gasteiger partial charge in [0.05, 0.1) is 29.8 Å². The van der Waals surface area contributed by atoms with Crippen molar-refractivity contribution in [3.8, 4) is 5.75 Å². The highest BCUT2D eigenvalue weighted by Crippen LogP contribution is 2.42. The molecule has 1 heterocycles. The summed E-state index contributed by atoms with van der Waals surface area (Å²) in [4.78, 5) is 30.2. The number of para-hydroxylation sites is 1. The molecule has 0 radical (unpaired) electrons. The third-order valence-corrected chi connectivity index (χ3v) is 8.34. The van der Waals surface area contributed by atoms with Crippen LogP contribution in [-0.2, 0) is 11.3 Å². The smallest absolute Gasteiger partial charge is 0.265 e. The Balaban J connectivity index is 1.26. The number of unbranched alkanes of at least 4 members (excludes halogenated alkanes) is 1. The monoisotopic (exact) mass is 576 g/mol. The molecular formula is C36H36N2O3S. The molecule has 0 unspecified atom stereocenters. The van der Waals surface area contributed by atoms with Crippen molar-refractivity contribution < 1.29 is 14.3 Å². The molecule has 5 nitrogen and oxygen atoms in total. The Morgan fingerprint density at radius 1 is 0.952 bits per heavy atom. The molecule has 1 atom stereocenters. The Hall–Kier alpha value is -4.29. The number of nitrogens with one attached hydrogen (secondary N) is 1. The van der Waals surface area contributed by atoms with Crippen molar-refractivity contribution in [2.45, 2.75) is 51.1 Å². The Kier molecular flexibility index (Phi) is 9.45. The highest BCUT2D eigenvalue weighted by atomic mass is 32.2. The van der Waals surface area contributed by atoms with Crippen molar-refractivity contribution in [3.05, 3.63) is 130 Å². The molecule has 0 aromatic heterocycles. The number of amides is 2. The van der Waals surface area contributed by atoms with E-state index in [0.717, 1.165) is 45.9 Å². The fourth-order valence-electron chi connectivity index (χ4n) is 4.73. The van der Waals surface area contributed by atoms with Gasteiger partial charge in [0.2, 0.25) is 0 Å². The first-order valence-electron chi connectivity index (χ1n) is 14.4. The summed E-state index contributed by atoms with van der Waals surface area (Å²) in [5.41, 5.74) is 5.63. The molecule has 42 heavy (non-hydrogen) atoms. The maximum atomic E-state index is 13.6. The van der Waals surface area contributed by atoms with Crippen LogP contribution >= 0.6 is 11.8 Å². The molecule has 5 rings (SSSR count). The Morgan fingerprint density at radius 3 is 2.38 bits per heavy atom. The van der Waals surface area contributed by atoms with Crippen molar-refractivity contribution in [2.24, 2.45) is 0 Å². The van der Waals surface area contributed by atoms with Gasteiger partial charge < -0.3 is 15.0 Å². The van der Waals surface area contributed by atoms with Crippen molar-refractivity contribution >= 4 is 35.3 Å². The van der Waals surface area contributed by atoms with Crippen molar-refractivity contribution in [3.63, 3.8) is 0 Å². The van der Waals surface area contributed by atoms with E-state index in [0.29, 0.717) is 23.6 Å². The Morgan fingerprint density at radius 2 is 1.67 bits per heavy atom. The van der Waals surface area contributed by atoms with Crippen molar-refractivity contribution in [2.75, 3.05) is 11.5 Å². The maximum Gasteiger partial charge on any atom is 0.265 e. The molecule has 1 N–H and O–H groups in total. The van der Waals surface area contributed by atoms with Crippen LogP contribution in [0.15, 0.2) is 107 Å². The summed E-state index contributed by atoms with van der Waals surface area (Å²) < 4.78 is 5.74. The van der Waals surface area contributed by atoms with E-state index in [1.807, 2.05) is 78.6 Å². The van der Waals surface area contributed by atoms with E-state index in [-0.39, 0.29) is 17.9 Å². The van der Waals surface area contributed by atoms with Gasteiger partial charge in [-0.15, -0.1) is 0 Å². The standard InChI is InChI=1S/C36H36N2O3S/c1-4-5-22-41-31-20-18-29(19-21-31)26(3)37-35(39)30-16-14-27(15-17-30)23-34-36(40)38(24-28-12-10-25(2)11-13-28)32-8-6-7-9-33(32)42-34/h6-21,23,26H,4-5,22,24H2,1-3H3,(H,37,39)/b34-23+/t26-/m1/s1. The average Bonchev–Trinajstić information content (AvgIpc) is 3.01. The lowest BCUT2D eigenvalue weighted by Crippen LogP contribution is -2.33. The average molecular weight is 577 g/mol. The fourth-order valence-corrected chi connectivity index (χ4v) is 5.79. The van der Waals surface area contributed by atoms with Crippen molar-refractivity contribution in [1.29, 1.82) is 0 Å². The van der Waals surface area contributed by atoms with Gasteiger partial charge in [0.1, 0.15) is 5.75 Å². The van der Waals surface area contributed by atoms with Crippen LogP contribution in [0, 0.1) is 6.92 Å². The fraction of sp³-hybridized carbons (Fsp3) is 0.222. The van der Waals surface area contributed by atoms with Gasteiger partial charge in [0.25, 0.3) is 11.8 Å². The zero-order chi connectivity index (χ0) is 29.5. The second-order valence-electron chi connectivity index (χ2n) is 10.5. The lowest BCUT2D eigenvalue weighted by atomic mass is 10.1. The molecule has 0 spiro atoms. The van der Waals surface area contributed by atoms with Crippen LogP contribution in [-0.4, -0.2) is 18.4 Å². The number of hydrogen-bond donors (Lipinski definition) is 1. The summed E-state index contributed by atoms with van der Waals surface area (Å²) in [6, 6.07) is 31.4. The molecule has 0 fully saturated rings. The minimum atomic E-state index is -0.153. The van der Waals surface area contributed by atoms with E-state index in [9.17, 15) is 9.59 Å². The van der Waals surface area contributed by atoms with E-state index in [2.05, 4.69) is 43.4 Å². The molecule has 0 saturated heterocycles. The summed E-state index contributed by atoms with van der Waals surface area (Å²) in [6.45, 7) is 7.37. The Bertz CT molecular complexity index is 1560. The van der Waals surface area contributed by atoms with Gasteiger partial charge in [0, 0.05) is 10.5 Å². The van der Waals surface area contributed by atoms with Gasteiger partial charge in [-0.25, -0.2) is 0 Å². The molecule has 4 aromatic carbocycles. The second kappa shape index (κ2) is 13.6. The molecule has 0 bridgehead atoms. The number of ether oxygens (including phenoxy) is 1. The first-order valence-corrected chi connectivity index (χ1v) is 15.2. The third-order valence-electron chi connectivity index (χ3n) is 7.26. The minimum Gasteiger partial charge on any atom is -0.494 e. The van der Waals surface area contributed by atoms with Crippen LogP contribution < -0.4 is 15.0 Å². The SMILES string of the molecule is CCCCOc1ccc([C@@H](C)NC(=O)c2ccc(/C=C3/Sc4ccccc4N(Cc4ccc(C)cc4)C3=O)cc2)cc1. The summed E-state index contributed by atoms with van der Waals surface area (Å²) in [7, 11) is 0. The first kappa shape index (κ1) is 29.2. The highest BCUT2D eigenvalue weighted by molar-refractivity contribution is 8.04. The van der Waals surface area contributed by atoms with Crippen LogP contribution in [0.4, 0.5) is 5.69 Å². The van der Waals surface area contributed by atoms with Gasteiger partial charge in [-0.05, 0) is 79.4 Å². The van der Waals surface area contributed by atoms with E-state index in [1.165, 1.54) is 17.3 Å². The van der Waals surface area contributed by atoms with E-state index < -0.39 is 0 Å². The predicted octanol–water partition coefficient (Wildman–Crippen LogP) is 8.34. The van der Waals surface area contributed by atoms with Crippen LogP contribution in [0.3, 0.4) is 0 Å². The summed E-state index contributed by atoms with van der Waals surface area (Å²) in [5, 5.41) is 3.08. The van der Waals surface area contributed by atoms with Crippen LogP contribution in [0.25, 0.3) is 6.08 Å². The largest absolute Gasteiger partial charge is 0.494 e. The number of anilines is 1. The number of benzene rings is 4. The molecule has 214 valence electrons. The number of hydrogen-bond acceptors (Lipinski definition) is 4. The molecule has 0 aliphatic carbocycles. The minimum absolute atomic E-state index is 0.0308. The summed E-state index contributed by atoms with van der Waals surface area (Å²) in [6.07, 6.45) is 4.03. The predicted molar refractivity (Wildman–Crippen MR) is 172 cm³/mol. The number of aryl methyl sites for hydroxylation is 1. The molecule has 0 saturated carbocycles. The number of carbonyl (C=O) groups excluding carboxylic acids is 2. The van der Waals surface area contributed by atoms with Gasteiger partial charge in [-0.1, -0.05) is 91.3 Å². The number of nitrogens with zero attached hydrogens (tertiary/aromatic N) is 1.